The normalized spacial score (nSPS) is 36.2. The summed E-state index contributed by atoms with van der Waals surface area (Å²) >= 11 is 0. The third kappa shape index (κ3) is 3.21. The largest absolute Gasteiger partial charge is 0.316 e. The van der Waals surface area contributed by atoms with E-state index in [0.29, 0.717) is 10.8 Å². The van der Waals surface area contributed by atoms with E-state index in [2.05, 4.69) is 31.0 Å². The van der Waals surface area contributed by atoms with Crippen LogP contribution < -0.4 is 5.32 Å². The Morgan fingerprint density at radius 3 is 2.62 bits per heavy atom. The van der Waals surface area contributed by atoms with Crippen LogP contribution in [0.1, 0.15) is 46.5 Å². The minimum atomic E-state index is 0.527. The first-order valence-corrected chi connectivity index (χ1v) is 6.92. The molecule has 1 atom stereocenters. The van der Waals surface area contributed by atoms with Gasteiger partial charge in [0.25, 0.3) is 0 Å². The monoisotopic (exact) mass is 224 g/mol. The van der Waals surface area contributed by atoms with Crippen molar-refractivity contribution in [3.8, 4) is 0 Å². The molecule has 0 saturated carbocycles. The van der Waals surface area contributed by atoms with Crippen LogP contribution in [0.2, 0.25) is 0 Å². The van der Waals surface area contributed by atoms with Gasteiger partial charge in [0.1, 0.15) is 0 Å². The van der Waals surface area contributed by atoms with Gasteiger partial charge in [-0.2, -0.15) is 0 Å². The van der Waals surface area contributed by atoms with Gasteiger partial charge in [-0.3, -0.25) is 0 Å². The summed E-state index contributed by atoms with van der Waals surface area (Å²) in [5.74, 6) is 0. The van der Waals surface area contributed by atoms with E-state index in [4.69, 9.17) is 0 Å². The molecule has 1 unspecified atom stereocenters. The number of hydrogen-bond donors (Lipinski definition) is 1. The summed E-state index contributed by atoms with van der Waals surface area (Å²) in [6, 6.07) is 0. The zero-order valence-corrected chi connectivity index (χ0v) is 11.3. The number of nitrogens with one attached hydrogen (secondary N) is 1. The van der Waals surface area contributed by atoms with Gasteiger partial charge in [0, 0.05) is 19.6 Å². The molecule has 1 N–H and O–H groups in total. The molecule has 2 heterocycles. The summed E-state index contributed by atoms with van der Waals surface area (Å²) in [4.78, 5) is 2.72. The Morgan fingerprint density at radius 2 is 1.94 bits per heavy atom. The van der Waals surface area contributed by atoms with Crippen LogP contribution in [0.15, 0.2) is 0 Å². The van der Waals surface area contributed by atoms with Crippen LogP contribution in [-0.4, -0.2) is 37.6 Å². The molecule has 0 bridgehead atoms. The molecule has 16 heavy (non-hydrogen) atoms. The topological polar surface area (TPSA) is 15.3 Å². The van der Waals surface area contributed by atoms with Crippen LogP contribution in [0.4, 0.5) is 0 Å². The summed E-state index contributed by atoms with van der Waals surface area (Å²) in [6.07, 6.45) is 5.56. The SMILES string of the molecule is CC1(C)CCCCN(CC2(C)CCNC2)C1. The summed E-state index contributed by atoms with van der Waals surface area (Å²) < 4.78 is 0. The molecule has 0 aliphatic carbocycles. The fourth-order valence-corrected chi connectivity index (χ4v) is 3.38. The van der Waals surface area contributed by atoms with E-state index in [9.17, 15) is 0 Å². The van der Waals surface area contributed by atoms with E-state index in [1.165, 1.54) is 58.4 Å². The highest BCUT2D eigenvalue weighted by molar-refractivity contribution is 4.88. The Hall–Kier alpha value is -0.0800. The highest BCUT2D eigenvalue weighted by Crippen LogP contribution is 2.31. The first-order chi connectivity index (χ1) is 7.49. The second kappa shape index (κ2) is 4.66. The molecule has 2 heteroatoms. The quantitative estimate of drug-likeness (QED) is 0.775. The van der Waals surface area contributed by atoms with Crippen LogP contribution >= 0.6 is 0 Å². The smallest absolute Gasteiger partial charge is 0.00482 e. The minimum absolute atomic E-state index is 0.527. The zero-order valence-electron chi connectivity index (χ0n) is 11.3. The maximum absolute atomic E-state index is 3.51. The fourth-order valence-electron chi connectivity index (χ4n) is 3.38. The lowest BCUT2D eigenvalue weighted by Crippen LogP contribution is -2.41. The van der Waals surface area contributed by atoms with E-state index >= 15 is 0 Å². The second-order valence-corrected chi connectivity index (χ2v) is 7.07. The van der Waals surface area contributed by atoms with Crippen molar-refractivity contribution in [3.63, 3.8) is 0 Å². The van der Waals surface area contributed by atoms with Crippen LogP contribution in [0.3, 0.4) is 0 Å². The van der Waals surface area contributed by atoms with Gasteiger partial charge in [0.15, 0.2) is 0 Å². The molecule has 2 aliphatic rings. The zero-order chi connectivity index (χ0) is 11.6. The van der Waals surface area contributed by atoms with Crippen molar-refractivity contribution in [2.45, 2.75) is 46.5 Å². The number of hydrogen-bond acceptors (Lipinski definition) is 2. The molecule has 2 aliphatic heterocycles. The van der Waals surface area contributed by atoms with Gasteiger partial charge < -0.3 is 10.2 Å². The van der Waals surface area contributed by atoms with Crippen molar-refractivity contribution in [2.75, 3.05) is 32.7 Å². The summed E-state index contributed by atoms with van der Waals surface area (Å²) in [6.45, 7) is 13.6. The molecule has 0 spiro atoms. The molecule has 94 valence electrons. The Labute approximate surface area is 101 Å². The summed E-state index contributed by atoms with van der Waals surface area (Å²) in [5.41, 5.74) is 1.05. The van der Waals surface area contributed by atoms with Crippen LogP contribution in [0.5, 0.6) is 0 Å². The van der Waals surface area contributed by atoms with Gasteiger partial charge in [-0.15, -0.1) is 0 Å². The van der Waals surface area contributed by atoms with E-state index < -0.39 is 0 Å². The van der Waals surface area contributed by atoms with E-state index in [1.54, 1.807) is 0 Å². The van der Waals surface area contributed by atoms with Crippen molar-refractivity contribution >= 4 is 0 Å². The Bertz CT molecular complexity index is 229. The van der Waals surface area contributed by atoms with Crippen molar-refractivity contribution < 1.29 is 0 Å². The highest BCUT2D eigenvalue weighted by atomic mass is 15.1. The standard InChI is InChI=1S/C14H28N2/c1-13(2)6-4-5-9-16(11-13)12-14(3)7-8-15-10-14/h15H,4-12H2,1-3H3. The van der Waals surface area contributed by atoms with Gasteiger partial charge >= 0.3 is 0 Å². The molecular weight excluding hydrogens is 196 g/mol. The van der Waals surface area contributed by atoms with Crippen molar-refractivity contribution in [3.05, 3.63) is 0 Å². The maximum Gasteiger partial charge on any atom is 0.00482 e. The summed E-state index contributed by atoms with van der Waals surface area (Å²) in [7, 11) is 0. The molecule has 2 nitrogen and oxygen atoms in total. The molecule has 2 fully saturated rings. The second-order valence-electron chi connectivity index (χ2n) is 7.07. The Morgan fingerprint density at radius 1 is 1.12 bits per heavy atom. The minimum Gasteiger partial charge on any atom is -0.316 e. The molecular formula is C14H28N2. The molecule has 2 rings (SSSR count). The molecule has 0 aromatic heterocycles. The molecule has 0 radical (unpaired) electrons. The van der Waals surface area contributed by atoms with Crippen molar-refractivity contribution in [1.82, 2.24) is 10.2 Å². The Kier molecular flexibility index (Phi) is 3.60. The third-order valence-corrected chi connectivity index (χ3v) is 4.29. The summed E-state index contributed by atoms with van der Waals surface area (Å²) in [5, 5.41) is 3.51. The van der Waals surface area contributed by atoms with Crippen LogP contribution in [0.25, 0.3) is 0 Å². The number of likely N-dealkylation sites (tertiary alicyclic amines) is 1. The highest BCUT2D eigenvalue weighted by Gasteiger charge is 2.33. The number of nitrogens with zero attached hydrogens (tertiary/aromatic N) is 1. The van der Waals surface area contributed by atoms with Gasteiger partial charge in [-0.05, 0) is 43.2 Å². The molecule has 0 aromatic rings. The van der Waals surface area contributed by atoms with E-state index in [-0.39, 0.29) is 0 Å². The average Bonchev–Trinajstić information content (AvgIpc) is 2.51. The van der Waals surface area contributed by atoms with Gasteiger partial charge in [0.2, 0.25) is 0 Å². The Balaban J connectivity index is 1.92. The van der Waals surface area contributed by atoms with E-state index in [0.717, 1.165) is 0 Å². The van der Waals surface area contributed by atoms with E-state index in [1.807, 2.05) is 0 Å². The lowest BCUT2D eigenvalue weighted by Gasteiger charge is -2.35. The van der Waals surface area contributed by atoms with Crippen LogP contribution in [-0.2, 0) is 0 Å². The predicted octanol–water partition coefficient (Wildman–Crippen LogP) is 2.50. The maximum atomic E-state index is 3.51. The average molecular weight is 224 g/mol. The van der Waals surface area contributed by atoms with Crippen LogP contribution in [0, 0.1) is 10.8 Å². The van der Waals surface area contributed by atoms with Gasteiger partial charge in [-0.25, -0.2) is 0 Å². The molecule has 0 amide bonds. The van der Waals surface area contributed by atoms with Crippen molar-refractivity contribution in [2.24, 2.45) is 10.8 Å². The van der Waals surface area contributed by atoms with Gasteiger partial charge in [-0.1, -0.05) is 27.2 Å². The van der Waals surface area contributed by atoms with Crippen molar-refractivity contribution in [1.29, 1.82) is 0 Å². The third-order valence-electron chi connectivity index (χ3n) is 4.29. The molecule has 2 saturated heterocycles. The number of rotatable bonds is 2. The predicted molar refractivity (Wildman–Crippen MR) is 69.7 cm³/mol. The lowest BCUT2D eigenvalue weighted by molar-refractivity contribution is 0.138. The first-order valence-electron chi connectivity index (χ1n) is 6.92. The fraction of sp³-hybridized carbons (Fsp3) is 1.00. The van der Waals surface area contributed by atoms with Gasteiger partial charge in [0.05, 0.1) is 0 Å². The lowest BCUT2D eigenvalue weighted by atomic mass is 9.86. The molecule has 0 aromatic carbocycles. The first kappa shape index (κ1) is 12.4.